The zero-order chi connectivity index (χ0) is 22.7. The highest BCUT2D eigenvalue weighted by Gasteiger charge is 2.39. The normalized spacial score (nSPS) is 18.2. The second kappa shape index (κ2) is 7.13. The zero-order valence-electron chi connectivity index (χ0n) is 17.9. The SMILES string of the molecule is Cn1ncc(-c2ccc3c(c2)CN(C2CCC(=O)NC2=O)C3=O)c1-c1ccc2nccn2c1. The van der Waals surface area contributed by atoms with Crippen LogP contribution in [0.2, 0.25) is 0 Å². The van der Waals surface area contributed by atoms with Gasteiger partial charge in [0, 0.05) is 55.3 Å². The summed E-state index contributed by atoms with van der Waals surface area (Å²) in [5.41, 5.74) is 6.17. The average molecular weight is 440 g/mol. The number of nitrogens with one attached hydrogen (secondary N) is 1. The Morgan fingerprint density at radius 2 is 1.91 bits per heavy atom. The predicted molar refractivity (Wildman–Crippen MR) is 119 cm³/mol. The number of rotatable bonds is 3. The lowest BCUT2D eigenvalue weighted by atomic mass is 9.98. The number of carbonyl (C=O) groups excluding carboxylic acids is 3. The molecule has 0 spiro atoms. The molecule has 4 aromatic rings. The number of imide groups is 1. The standard InChI is InChI=1S/C24H20N6O3/c1-28-22(15-3-6-20-25-8-9-29(20)12-15)18(11-26-28)14-2-4-17-16(10-14)13-30(24(17)33)19-5-7-21(31)27-23(19)32/h2-4,6,8-12,19H,5,7,13H2,1H3,(H,27,31,32). The summed E-state index contributed by atoms with van der Waals surface area (Å²) < 4.78 is 3.80. The van der Waals surface area contributed by atoms with E-state index >= 15 is 0 Å². The zero-order valence-corrected chi connectivity index (χ0v) is 17.9. The predicted octanol–water partition coefficient (Wildman–Crippen LogP) is 2.16. The van der Waals surface area contributed by atoms with E-state index in [4.69, 9.17) is 0 Å². The maximum absolute atomic E-state index is 13.0. The van der Waals surface area contributed by atoms with Gasteiger partial charge in [0.05, 0.1) is 11.9 Å². The molecule has 1 fully saturated rings. The fraction of sp³-hybridized carbons (Fsp3) is 0.208. The summed E-state index contributed by atoms with van der Waals surface area (Å²) >= 11 is 0. The molecule has 3 aromatic heterocycles. The molecule has 2 aliphatic rings. The quantitative estimate of drug-likeness (QED) is 0.492. The van der Waals surface area contributed by atoms with E-state index in [0.29, 0.717) is 18.5 Å². The highest BCUT2D eigenvalue weighted by molar-refractivity contribution is 6.05. The minimum absolute atomic E-state index is 0.178. The van der Waals surface area contributed by atoms with Gasteiger partial charge in [-0.15, -0.1) is 0 Å². The summed E-state index contributed by atoms with van der Waals surface area (Å²) in [4.78, 5) is 42.7. The topological polar surface area (TPSA) is 102 Å². The first kappa shape index (κ1) is 19.4. The maximum Gasteiger partial charge on any atom is 0.255 e. The Kier molecular flexibility index (Phi) is 4.19. The van der Waals surface area contributed by atoms with Crippen LogP contribution < -0.4 is 5.32 Å². The lowest BCUT2D eigenvalue weighted by Gasteiger charge is -2.29. The minimum Gasteiger partial charge on any atom is -0.322 e. The van der Waals surface area contributed by atoms with Gasteiger partial charge in [-0.1, -0.05) is 6.07 Å². The smallest absolute Gasteiger partial charge is 0.255 e. The van der Waals surface area contributed by atoms with Crippen molar-refractivity contribution in [2.45, 2.75) is 25.4 Å². The molecule has 2 aliphatic heterocycles. The second-order valence-corrected chi connectivity index (χ2v) is 8.41. The van der Waals surface area contributed by atoms with Crippen LogP contribution in [0.3, 0.4) is 0 Å². The molecule has 9 nitrogen and oxygen atoms in total. The van der Waals surface area contributed by atoms with Gasteiger partial charge >= 0.3 is 0 Å². The number of imidazole rings is 1. The molecule has 5 heterocycles. The summed E-state index contributed by atoms with van der Waals surface area (Å²) in [6.45, 7) is 0.338. The second-order valence-electron chi connectivity index (χ2n) is 8.41. The van der Waals surface area contributed by atoms with Crippen LogP contribution in [0.25, 0.3) is 28.0 Å². The first-order valence-electron chi connectivity index (χ1n) is 10.7. The van der Waals surface area contributed by atoms with Gasteiger partial charge < -0.3 is 9.30 Å². The maximum atomic E-state index is 13.0. The number of benzene rings is 1. The molecular weight excluding hydrogens is 420 g/mol. The number of aromatic nitrogens is 4. The molecule has 6 rings (SSSR count). The van der Waals surface area contributed by atoms with E-state index in [-0.39, 0.29) is 18.2 Å². The number of nitrogens with zero attached hydrogens (tertiary/aromatic N) is 5. The third-order valence-electron chi connectivity index (χ3n) is 6.44. The highest BCUT2D eigenvalue weighted by Crippen LogP contribution is 2.35. The molecule has 1 unspecified atom stereocenters. The van der Waals surface area contributed by atoms with Gasteiger partial charge in [-0.3, -0.25) is 24.4 Å². The average Bonchev–Trinajstić information content (AvgIpc) is 3.50. The Morgan fingerprint density at radius 1 is 1.06 bits per heavy atom. The fourth-order valence-corrected chi connectivity index (χ4v) is 4.79. The monoisotopic (exact) mass is 440 g/mol. The molecule has 1 atom stereocenters. The highest BCUT2D eigenvalue weighted by atomic mass is 16.2. The molecule has 0 aliphatic carbocycles. The van der Waals surface area contributed by atoms with E-state index in [1.54, 1.807) is 11.1 Å². The van der Waals surface area contributed by atoms with Gasteiger partial charge in [0.15, 0.2) is 0 Å². The van der Waals surface area contributed by atoms with E-state index in [2.05, 4.69) is 15.4 Å². The number of piperidine rings is 1. The Morgan fingerprint density at radius 3 is 2.76 bits per heavy atom. The number of pyridine rings is 1. The van der Waals surface area contributed by atoms with Crippen molar-refractivity contribution < 1.29 is 14.4 Å². The number of fused-ring (bicyclic) bond motifs is 2. The minimum atomic E-state index is -0.623. The largest absolute Gasteiger partial charge is 0.322 e. The number of aryl methyl sites for hydroxylation is 1. The number of hydrogen-bond donors (Lipinski definition) is 1. The molecular formula is C24H20N6O3. The first-order valence-corrected chi connectivity index (χ1v) is 10.7. The fourth-order valence-electron chi connectivity index (χ4n) is 4.79. The molecule has 1 aromatic carbocycles. The van der Waals surface area contributed by atoms with E-state index < -0.39 is 11.9 Å². The van der Waals surface area contributed by atoms with E-state index in [0.717, 1.165) is 33.6 Å². The molecule has 1 N–H and O–H groups in total. The summed E-state index contributed by atoms with van der Waals surface area (Å²) in [5, 5.41) is 6.82. The molecule has 33 heavy (non-hydrogen) atoms. The Bertz CT molecular complexity index is 1470. The van der Waals surface area contributed by atoms with Gasteiger partial charge in [0.2, 0.25) is 11.8 Å². The third kappa shape index (κ3) is 3.04. The van der Waals surface area contributed by atoms with Gasteiger partial charge in [-0.2, -0.15) is 5.10 Å². The Balaban J connectivity index is 1.36. The molecule has 1 saturated heterocycles. The van der Waals surface area contributed by atoms with Crippen LogP contribution in [-0.2, 0) is 23.2 Å². The van der Waals surface area contributed by atoms with Gasteiger partial charge in [-0.25, -0.2) is 4.98 Å². The lowest BCUT2D eigenvalue weighted by molar-refractivity contribution is -0.136. The van der Waals surface area contributed by atoms with Gasteiger partial charge in [-0.05, 0) is 41.8 Å². The summed E-state index contributed by atoms with van der Waals surface area (Å²) in [6, 6.07) is 9.09. The summed E-state index contributed by atoms with van der Waals surface area (Å²) in [5.74, 6) is -0.874. The van der Waals surface area contributed by atoms with Crippen LogP contribution in [0.15, 0.2) is 55.1 Å². The summed E-state index contributed by atoms with van der Waals surface area (Å²) in [7, 11) is 1.90. The van der Waals surface area contributed by atoms with Crippen molar-refractivity contribution in [3.8, 4) is 22.4 Å². The number of hydrogen-bond acceptors (Lipinski definition) is 5. The lowest BCUT2D eigenvalue weighted by Crippen LogP contribution is -2.52. The van der Waals surface area contributed by atoms with Crippen molar-refractivity contribution >= 4 is 23.4 Å². The molecule has 9 heteroatoms. The molecule has 0 radical (unpaired) electrons. The van der Waals surface area contributed by atoms with Crippen molar-refractivity contribution in [3.63, 3.8) is 0 Å². The van der Waals surface area contributed by atoms with Crippen LogP contribution in [-0.4, -0.2) is 47.8 Å². The van der Waals surface area contributed by atoms with E-state index in [9.17, 15) is 14.4 Å². The first-order chi connectivity index (χ1) is 16.0. The van der Waals surface area contributed by atoms with Crippen LogP contribution in [0, 0.1) is 0 Å². The van der Waals surface area contributed by atoms with Gasteiger partial charge in [0.25, 0.3) is 5.91 Å². The third-order valence-corrected chi connectivity index (χ3v) is 6.44. The van der Waals surface area contributed by atoms with Crippen LogP contribution in [0.4, 0.5) is 0 Å². The van der Waals surface area contributed by atoms with E-state index in [1.165, 1.54) is 0 Å². The van der Waals surface area contributed by atoms with Crippen molar-refractivity contribution in [3.05, 3.63) is 66.2 Å². The van der Waals surface area contributed by atoms with E-state index in [1.807, 2.05) is 65.1 Å². The number of carbonyl (C=O) groups is 3. The molecule has 0 saturated carbocycles. The number of amides is 3. The van der Waals surface area contributed by atoms with Crippen molar-refractivity contribution in [2.24, 2.45) is 7.05 Å². The van der Waals surface area contributed by atoms with Crippen LogP contribution in [0.5, 0.6) is 0 Å². The van der Waals surface area contributed by atoms with Crippen LogP contribution in [0.1, 0.15) is 28.8 Å². The molecule has 164 valence electrons. The molecule has 0 bridgehead atoms. The van der Waals surface area contributed by atoms with Crippen molar-refractivity contribution in [2.75, 3.05) is 0 Å². The van der Waals surface area contributed by atoms with Crippen molar-refractivity contribution in [1.82, 2.24) is 29.4 Å². The Hall–Kier alpha value is -4.27. The van der Waals surface area contributed by atoms with Crippen LogP contribution >= 0.6 is 0 Å². The molecule has 3 amide bonds. The van der Waals surface area contributed by atoms with Gasteiger partial charge in [0.1, 0.15) is 11.7 Å². The van der Waals surface area contributed by atoms with Crippen molar-refractivity contribution in [1.29, 1.82) is 0 Å². The summed E-state index contributed by atoms with van der Waals surface area (Å²) in [6.07, 6.45) is 8.09. The Labute approximate surface area is 188 Å².